The van der Waals surface area contributed by atoms with E-state index in [4.69, 9.17) is 0 Å². The van der Waals surface area contributed by atoms with Crippen LogP contribution in [-0.2, 0) is 6.54 Å². The van der Waals surface area contributed by atoms with Gasteiger partial charge in [0.2, 0.25) is 0 Å². The molecule has 0 bridgehead atoms. The highest BCUT2D eigenvalue weighted by Gasteiger charge is 2.22. The molecular weight excluding hydrogens is 338 g/mol. The van der Waals surface area contributed by atoms with Gasteiger partial charge in [-0.3, -0.25) is 4.90 Å². The SMILES string of the molecule is CCN(CC)CC[n+]1c(C)cc(/C=C2/Sc3ccccc3N2C)cc1C. The van der Waals surface area contributed by atoms with Gasteiger partial charge in [0.05, 0.1) is 17.3 Å². The highest BCUT2D eigenvalue weighted by atomic mass is 32.2. The van der Waals surface area contributed by atoms with E-state index in [0.29, 0.717) is 0 Å². The summed E-state index contributed by atoms with van der Waals surface area (Å²) in [5.41, 5.74) is 5.22. The third-order valence-corrected chi connectivity index (χ3v) is 6.36. The van der Waals surface area contributed by atoms with E-state index in [1.807, 2.05) is 11.8 Å². The van der Waals surface area contributed by atoms with E-state index in [1.54, 1.807) is 0 Å². The lowest BCUT2D eigenvalue weighted by molar-refractivity contribution is -0.708. The van der Waals surface area contributed by atoms with Gasteiger partial charge >= 0.3 is 0 Å². The van der Waals surface area contributed by atoms with Gasteiger partial charge < -0.3 is 4.90 Å². The number of anilines is 1. The Morgan fingerprint density at radius 1 is 1.08 bits per heavy atom. The van der Waals surface area contributed by atoms with Gasteiger partial charge in [-0.15, -0.1) is 0 Å². The molecule has 4 heteroatoms. The van der Waals surface area contributed by atoms with E-state index < -0.39 is 0 Å². The molecule has 0 amide bonds. The second kappa shape index (κ2) is 8.28. The summed E-state index contributed by atoms with van der Waals surface area (Å²) in [6.07, 6.45) is 2.30. The molecule has 0 fully saturated rings. The van der Waals surface area contributed by atoms with Gasteiger partial charge in [0.1, 0.15) is 0 Å². The summed E-state index contributed by atoms with van der Waals surface area (Å²) in [5, 5.41) is 1.28. The average Bonchev–Trinajstić information content (AvgIpc) is 2.94. The van der Waals surface area contributed by atoms with Crippen molar-refractivity contribution in [3.63, 3.8) is 0 Å². The first-order valence-electron chi connectivity index (χ1n) is 9.49. The highest BCUT2D eigenvalue weighted by molar-refractivity contribution is 8.03. The Morgan fingerprint density at radius 2 is 1.73 bits per heavy atom. The summed E-state index contributed by atoms with van der Waals surface area (Å²) < 4.78 is 2.43. The molecule has 0 aliphatic carbocycles. The number of aromatic nitrogens is 1. The number of likely N-dealkylation sites (N-methyl/N-ethyl adjacent to an activating group) is 1. The minimum absolute atomic E-state index is 1.05. The fourth-order valence-corrected chi connectivity index (χ4v) is 4.68. The van der Waals surface area contributed by atoms with Crippen LogP contribution in [0.2, 0.25) is 0 Å². The monoisotopic (exact) mass is 368 g/mol. The number of hydrogen-bond acceptors (Lipinski definition) is 3. The predicted molar refractivity (Wildman–Crippen MR) is 113 cm³/mol. The van der Waals surface area contributed by atoms with Gasteiger partial charge in [0.25, 0.3) is 0 Å². The summed E-state index contributed by atoms with van der Waals surface area (Å²) in [6, 6.07) is 13.2. The first kappa shape index (κ1) is 19.0. The molecule has 0 unspecified atom stereocenters. The van der Waals surface area contributed by atoms with Crippen molar-refractivity contribution in [2.24, 2.45) is 0 Å². The topological polar surface area (TPSA) is 10.4 Å². The van der Waals surface area contributed by atoms with E-state index in [0.717, 1.165) is 26.2 Å². The predicted octanol–water partition coefficient (Wildman–Crippen LogP) is 4.47. The first-order chi connectivity index (χ1) is 12.5. The minimum Gasteiger partial charge on any atom is -0.338 e. The molecule has 2 heterocycles. The van der Waals surface area contributed by atoms with Crippen LogP contribution in [0.1, 0.15) is 30.8 Å². The zero-order valence-corrected chi connectivity index (χ0v) is 17.4. The van der Waals surface area contributed by atoms with Gasteiger partial charge in [-0.2, -0.15) is 4.57 Å². The van der Waals surface area contributed by atoms with Gasteiger partial charge in [-0.05, 0) is 36.9 Å². The van der Waals surface area contributed by atoms with Crippen LogP contribution in [0, 0.1) is 13.8 Å². The maximum absolute atomic E-state index is 2.48. The van der Waals surface area contributed by atoms with Crippen LogP contribution in [0.25, 0.3) is 6.08 Å². The summed E-state index contributed by atoms with van der Waals surface area (Å²) in [4.78, 5) is 6.09. The largest absolute Gasteiger partial charge is 0.338 e. The number of thioether (sulfide) groups is 1. The van der Waals surface area contributed by atoms with Crippen molar-refractivity contribution in [3.05, 3.63) is 58.4 Å². The number of aryl methyl sites for hydroxylation is 2. The molecule has 0 spiro atoms. The molecule has 1 aliphatic heterocycles. The van der Waals surface area contributed by atoms with E-state index in [2.05, 4.69) is 91.6 Å². The van der Waals surface area contributed by atoms with E-state index in [-0.39, 0.29) is 0 Å². The molecule has 3 nitrogen and oxygen atoms in total. The maximum Gasteiger partial charge on any atom is 0.179 e. The molecule has 2 aromatic rings. The lowest BCUT2D eigenvalue weighted by Gasteiger charge is -2.17. The molecule has 0 atom stereocenters. The van der Waals surface area contributed by atoms with Gasteiger partial charge in [-0.1, -0.05) is 37.7 Å². The Balaban J connectivity index is 1.80. The number of nitrogens with zero attached hydrogens (tertiary/aromatic N) is 3. The fourth-order valence-electron chi connectivity index (χ4n) is 3.56. The Kier molecular flexibility index (Phi) is 6.05. The van der Waals surface area contributed by atoms with Crippen LogP contribution >= 0.6 is 11.8 Å². The third kappa shape index (κ3) is 3.97. The molecule has 0 radical (unpaired) electrons. The molecule has 1 aromatic heterocycles. The lowest BCUT2D eigenvalue weighted by Crippen LogP contribution is -2.45. The van der Waals surface area contributed by atoms with Crippen LogP contribution in [0.15, 0.2) is 46.3 Å². The van der Waals surface area contributed by atoms with Crippen LogP contribution < -0.4 is 9.47 Å². The normalized spacial score (nSPS) is 15.2. The molecule has 3 rings (SSSR count). The lowest BCUT2D eigenvalue weighted by atomic mass is 10.1. The quantitative estimate of drug-likeness (QED) is 0.697. The molecule has 0 N–H and O–H groups in total. The summed E-state index contributed by atoms with van der Waals surface area (Å²) >= 11 is 1.85. The van der Waals surface area contributed by atoms with Crippen LogP contribution in [0.3, 0.4) is 0 Å². The van der Waals surface area contributed by atoms with Crippen molar-refractivity contribution >= 4 is 23.5 Å². The minimum atomic E-state index is 1.05. The van der Waals surface area contributed by atoms with Crippen molar-refractivity contribution < 1.29 is 4.57 Å². The third-order valence-electron chi connectivity index (χ3n) is 5.20. The zero-order valence-electron chi connectivity index (χ0n) is 16.6. The molecular formula is C22H30N3S+. The molecule has 1 aliphatic rings. The second-order valence-electron chi connectivity index (χ2n) is 6.86. The van der Waals surface area contributed by atoms with Gasteiger partial charge in [0.15, 0.2) is 17.9 Å². The number of hydrogen-bond donors (Lipinski definition) is 0. The Labute approximate surface area is 162 Å². The van der Waals surface area contributed by atoms with Gasteiger partial charge in [0, 0.05) is 37.9 Å². The standard InChI is InChI=1S/C22H30N3S/c1-6-24(7-2)12-13-25-17(3)14-19(15-18(25)4)16-22-23(5)20-10-8-9-11-21(20)26-22/h8-11,14-16H,6-7,12-13H2,1-5H3/q+1. The Hall–Kier alpha value is -1.78. The van der Waals surface area contributed by atoms with Crippen molar-refractivity contribution in [1.29, 1.82) is 0 Å². The zero-order chi connectivity index (χ0) is 18.7. The first-order valence-corrected chi connectivity index (χ1v) is 10.3. The maximum atomic E-state index is 2.48. The van der Waals surface area contributed by atoms with Crippen molar-refractivity contribution in [3.8, 4) is 0 Å². The summed E-state index contributed by atoms with van der Waals surface area (Å²) in [7, 11) is 2.15. The van der Waals surface area contributed by atoms with Crippen LogP contribution in [0.4, 0.5) is 5.69 Å². The van der Waals surface area contributed by atoms with E-state index >= 15 is 0 Å². The Bertz CT molecular complexity index is 786. The smallest absolute Gasteiger partial charge is 0.179 e. The fraction of sp³-hybridized carbons (Fsp3) is 0.409. The van der Waals surface area contributed by atoms with E-state index in [9.17, 15) is 0 Å². The number of para-hydroxylation sites is 1. The number of pyridine rings is 1. The highest BCUT2D eigenvalue weighted by Crippen LogP contribution is 2.45. The van der Waals surface area contributed by atoms with Crippen molar-refractivity contribution in [1.82, 2.24) is 4.90 Å². The molecule has 0 saturated carbocycles. The Morgan fingerprint density at radius 3 is 2.35 bits per heavy atom. The number of benzene rings is 1. The average molecular weight is 369 g/mol. The van der Waals surface area contributed by atoms with Crippen LogP contribution in [-0.4, -0.2) is 31.6 Å². The van der Waals surface area contributed by atoms with E-state index in [1.165, 1.54) is 32.6 Å². The number of fused-ring (bicyclic) bond motifs is 1. The summed E-state index contributed by atoms with van der Waals surface area (Å²) in [5.74, 6) is 0. The molecule has 0 saturated heterocycles. The second-order valence-corrected chi connectivity index (χ2v) is 7.92. The van der Waals surface area contributed by atoms with Crippen molar-refractivity contribution in [2.75, 3.05) is 31.6 Å². The number of rotatable bonds is 6. The molecule has 138 valence electrons. The van der Waals surface area contributed by atoms with Crippen LogP contribution in [0.5, 0.6) is 0 Å². The summed E-state index contributed by atoms with van der Waals surface area (Å²) in [6.45, 7) is 13.3. The molecule has 26 heavy (non-hydrogen) atoms. The van der Waals surface area contributed by atoms with Crippen molar-refractivity contribution in [2.45, 2.75) is 39.1 Å². The molecule has 1 aromatic carbocycles. The van der Waals surface area contributed by atoms with Gasteiger partial charge in [-0.25, -0.2) is 0 Å².